The van der Waals surface area contributed by atoms with Crippen molar-refractivity contribution in [3.8, 4) is 22.8 Å². The van der Waals surface area contributed by atoms with Crippen molar-refractivity contribution >= 4 is 22.4 Å². The molecule has 1 aromatic carbocycles. The average molecular weight is 470 g/mol. The monoisotopic (exact) mass is 469 g/mol. The summed E-state index contributed by atoms with van der Waals surface area (Å²) in [6.07, 6.45) is 3.55. The van der Waals surface area contributed by atoms with E-state index in [1.165, 1.54) is 22.7 Å². The summed E-state index contributed by atoms with van der Waals surface area (Å²) in [5, 5.41) is 5.54. The number of aryl methyl sites for hydroxylation is 1. The summed E-state index contributed by atoms with van der Waals surface area (Å²) in [7, 11) is 1.63. The van der Waals surface area contributed by atoms with E-state index in [9.17, 15) is 4.79 Å². The van der Waals surface area contributed by atoms with Crippen molar-refractivity contribution in [2.24, 2.45) is 0 Å². The molecular weight excluding hydrogens is 438 g/mol. The molecule has 0 spiro atoms. The van der Waals surface area contributed by atoms with Crippen LogP contribution >= 0.6 is 11.3 Å². The Morgan fingerprint density at radius 2 is 2.06 bits per heavy atom. The molecule has 0 radical (unpaired) electrons. The van der Waals surface area contributed by atoms with E-state index in [2.05, 4.69) is 34.8 Å². The Kier molecular flexibility index (Phi) is 7.67. The third-order valence-corrected chi connectivity index (χ3v) is 6.64. The van der Waals surface area contributed by atoms with E-state index in [-0.39, 0.29) is 5.91 Å². The Morgan fingerprint density at radius 1 is 1.27 bits per heavy atom. The molecular formula is C25H31N3O4S. The fraction of sp³-hybridized carbons (Fsp3) is 0.440. The number of aromatic nitrogens is 2. The van der Waals surface area contributed by atoms with Gasteiger partial charge in [-0.3, -0.25) is 4.79 Å². The Hall–Kier alpha value is -2.84. The zero-order valence-corrected chi connectivity index (χ0v) is 20.2. The topological polar surface area (TPSA) is 74.6 Å². The summed E-state index contributed by atoms with van der Waals surface area (Å²) in [4.78, 5) is 17.0. The van der Waals surface area contributed by atoms with Gasteiger partial charge in [-0.1, -0.05) is 0 Å². The highest BCUT2D eigenvalue weighted by molar-refractivity contribution is 7.14. The molecule has 0 saturated carbocycles. The van der Waals surface area contributed by atoms with E-state index in [1.54, 1.807) is 7.11 Å². The van der Waals surface area contributed by atoms with Gasteiger partial charge in [0.15, 0.2) is 5.13 Å². The molecule has 1 amide bonds. The molecule has 2 aromatic heterocycles. The number of benzene rings is 1. The minimum atomic E-state index is -0.0573. The van der Waals surface area contributed by atoms with Gasteiger partial charge in [0.2, 0.25) is 5.91 Å². The van der Waals surface area contributed by atoms with Gasteiger partial charge in [-0.25, -0.2) is 4.98 Å². The van der Waals surface area contributed by atoms with Crippen LogP contribution < -0.4 is 14.8 Å². The standard InChI is InChI=1S/C25H31N3O4S/c1-17-14-22(18(2)28(17)15-21-6-4-12-32-21)23-16-33-25(26-23)27-24(29)7-5-13-31-20-10-8-19(30-3)9-11-20/h8-11,14,16,21H,4-7,12-13,15H2,1-3H3,(H,26,27,29)/t21-/m1/s1. The van der Waals surface area contributed by atoms with Gasteiger partial charge in [0.05, 0.1) is 25.5 Å². The third-order valence-electron chi connectivity index (χ3n) is 5.89. The second-order valence-electron chi connectivity index (χ2n) is 8.24. The lowest BCUT2D eigenvalue weighted by Gasteiger charge is -2.14. The van der Waals surface area contributed by atoms with Crippen LogP contribution in [0.5, 0.6) is 11.5 Å². The first-order valence-corrected chi connectivity index (χ1v) is 12.2. The molecule has 8 heteroatoms. The van der Waals surface area contributed by atoms with Gasteiger partial charge in [-0.2, -0.15) is 0 Å². The Labute approximate surface area is 198 Å². The molecule has 4 rings (SSSR count). The molecule has 7 nitrogen and oxygen atoms in total. The van der Waals surface area contributed by atoms with Crippen LogP contribution in [0.4, 0.5) is 5.13 Å². The molecule has 3 heterocycles. The van der Waals surface area contributed by atoms with Crippen molar-refractivity contribution in [3.05, 3.63) is 47.1 Å². The average Bonchev–Trinajstić information content (AvgIpc) is 3.55. The van der Waals surface area contributed by atoms with E-state index in [1.807, 2.05) is 29.6 Å². The molecule has 0 bridgehead atoms. The number of amides is 1. The van der Waals surface area contributed by atoms with Crippen molar-refractivity contribution in [3.63, 3.8) is 0 Å². The summed E-state index contributed by atoms with van der Waals surface area (Å²) in [5.74, 6) is 1.49. The number of carbonyl (C=O) groups is 1. The smallest absolute Gasteiger partial charge is 0.226 e. The zero-order valence-electron chi connectivity index (χ0n) is 19.4. The number of hydrogen-bond donors (Lipinski definition) is 1. The van der Waals surface area contributed by atoms with E-state index < -0.39 is 0 Å². The number of rotatable bonds is 10. The fourth-order valence-electron chi connectivity index (χ4n) is 4.06. The molecule has 0 unspecified atom stereocenters. The molecule has 1 atom stereocenters. The fourth-order valence-corrected chi connectivity index (χ4v) is 4.79. The van der Waals surface area contributed by atoms with Crippen LogP contribution in [0.3, 0.4) is 0 Å². The van der Waals surface area contributed by atoms with Crippen LogP contribution in [-0.4, -0.2) is 41.9 Å². The lowest BCUT2D eigenvalue weighted by molar-refractivity contribution is -0.116. The number of carbonyl (C=O) groups excluding carboxylic acids is 1. The number of methoxy groups -OCH3 is 1. The SMILES string of the molecule is COc1ccc(OCCCC(=O)Nc2nc(-c3cc(C)n(C[C@H]4CCCO4)c3C)cs2)cc1. The highest BCUT2D eigenvalue weighted by Crippen LogP contribution is 2.31. The maximum atomic E-state index is 12.3. The van der Waals surface area contributed by atoms with Crippen molar-refractivity contribution in [2.75, 3.05) is 25.6 Å². The van der Waals surface area contributed by atoms with Gasteiger partial charge in [-0.15, -0.1) is 11.3 Å². The maximum absolute atomic E-state index is 12.3. The van der Waals surface area contributed by atoms with Crippen LogP contribution in [0.2, 0.25) is 0 Å². The first kappa shape index (κ1) is 23.3. The number of nitrogens with zero attached hydrogens (tertiary/aromatic N) is 2. The first-order valence-electron chi connectivity index (χ1n) is 11.3. The van der Waals surface area contributed by atoms with Crippen LogP contribution in [0.1, 0.15) is 37.1 Å². The largest absolute Gasteiger partial charge is 0.497 e. The van der Waals surface area contributed by atoms with Gasteiger partial charge in [0, 0.05) is 41.9 Å². The Morgan fingerprint density at radius 3 is 2.79 bits per heavy atom. The summed E-state index contributed by atoms with van der Waals surface area (Å²) in [6, 6.07) is 9.58. The van der Waals surface area contributed by atoms with Gasteiger partial charge in [0.1, 0.15) is 11.5 Å². The highest BCUT2D eigenvalue weighted by atomic mass is 32.1. The number of hydrogen-bond acceptors (Lipinski definition) is 6. The molecule has 1 N–H and O–H groups in total. The molecule has 33 heavy (non-hydrogen) atoms. The molecule has 1 saturated heterocycles. The second kappa shape index (κ2) is 10.9. The molecule has 1 aliphatic rings. The van der Waals surface area contributed by atoms with Gasteiger partial charge >= 0.3 is 0 Å². The quantitative estimate of drug-likeness (QED) is 0.413. The maximum Gasteiger partial charge on any atom is 0.226 e. The number of thiazole rings is 1. The van der Waals surface area contributed by atoms with Crippen molar-refractivity contribution in [1.82, 2.24) is 9.55 Å². The number of ether oxygens (including phenoxy) is 3. The Balaban J connectivity index is 1.27. The van der Waals surface area contributed by atoms with Gasteiger partial charge < -0.3 is 24.1 Å². The predicted octanol–water partition coefficient (Wildman–Crippen LogP) is 5.21. The van der Waals surface area contributed by atoms with Crippen LogP contribution in [-0.2, 0) is 16.1 Å². The molecule has 3 aromatic rings. The predicted molar refractivity (Wildman–Crippen MR) is 130 cm³/mol. The minimum Gasteiger partial charge on any atom is -0.497 e. The van der Waals surface area contributed by atoms with Crippen molar-refractivity contribution < 1.29 is 19.0 Å². The normalized spacial score (nSPS) is 15.5. The summed E-state index contributed by atoms with van der Waals surface area (Å²) >= 11 is 1.45. The lowest BCUT2D eigenvalue weighted by Crippen LogP contribution is -2.16. The van der Waals surface area contributed by atoms with Crippen LogP contribution in [0.15, 0.2) is 35.7 Å². The molecule has 1 fully saturated rings. The second-order valence-corrected chi connectivity index (χ2v) is 9.10. The van der Waals surface area contributed by atoms with E-state index in [0.717, 1.165) is 48.7 Å². The first-order chi connectivity index (χ1) is 16.0. The lowest BCUT2D eigenvalue weighted by atomic mass is 10.2. The minimum absolute atomic E-state index is 0.0573. The molecule has 1 aliphatic heterocycles. The number of nitrogens with one attached hydrogen (secondary N) is 1. The summed E-state index contributed by atoms with van der Waals surface area (Å²) < 4.78 is 18.9. The van der Waals surface area contributed by atoms with Gasteiger partial charge in [-0.05, 0) is 63.4 Å². The highest BCUT2D eigenvalue weighted by Gasteiger charge is 2.20. The summed E-state index contributed by atoms with van der Waals surface area (Å²) in [5.41, 5.74) is 4.38. The van der Waals surface area contributed by atoms with Gasteiger partial charge in [0.25, 0.3) is 0 Å². The number of anilines is 1. The summed E-state index contributed by atoms with van der Waals surface area (Å²) in [6.45, 7) is 6.45. The van der Waals surface area contributed by atoms with Crippen molar-refractivity contribution in [1.29, 1.82) is 0 Å². The van der Waals surface area contributed by atoms with E-state index in [0.29, 0.717) is 30.7 Å². The molecule has 0 aliphatic carbocycles. The third kappa shape index (κ3) is 5.94. The van der Waals surface area contributed by atoms with E-state index >= 15 is 0 Å². The van der Waals surface area contributed by atoms with Crippen molar-refractivity contribution in [2.45, 2.75) is 52.2 Å². The van der Waals surface area contributed by atoms with Crippen LogP contribution in [0, 0.1) is 13.8 Å². The van der Waals surface area contributed by atoms with E-state index in [4.69, 9.17) is 14.2 Å². The zero-order chi connectivity index (χ0) is 23.2. The van der Waals surface area contributed by atoms with Crippen LogP contribution in [0.25, 0.3) is 11.3 Å². The Bertz CT molecular complexity index is 1070. The molecule has 176 valence electrons.